The van der Waals surface area contributed by atoms with Crippen LogP contribution in [0.2, 0.25) is 0 Å². The lowest BCUT2D eigenvalue weighted by molar-refractivity contribution is 0.112. The number of carbonyl (C=O) groups excluding carboxylic acids is 1. The first kappa shape index (κ1) is 26.5. The zero-order valence-electron chi connectivity index (χ0n) is 15.1. The van der Waals surface area contributed by atoms with Gasteiger partial charge in [-0.1, -0.05) is 31.7 Å². The normalized spacial score (nSPS) is 8.73. The third-order valence-corrected chi connectivity index (χ3v) is 3.13. The van der Waals surface area contributed by atoms with Gasteiger partial charge < -0.3 is 14.9 Å². The molecule has 0 bridgehead atoms. The van der Waals surface area contributed by atoms with Crippen molar-refractivity contribution in [2.24, 2.45) is 0 Å². The topological polar surface area (TPSA) is 43.8 Å². The highest BCUT2D eigenvalue weighted by atomic mass is 35.5. The fraction of sp³-hybridized carbons (Fsp3) is 0.350. The molecule has 6 heteroatoms. The molecule has 0 radical (unpaired) electrons. The second-order valence-corrected chi connectivity index (χ2v) is 6.24. The van der Waals surface area contributed by atoms with Crippen molar-refractivity contribution in [2.75, 3.05) is 43.3 Å². The van der Waals surface area contributed by atoms with Crippen LogP contribution in [0.1, 0.15) is 23.3 Å². The van der Waals surface area contributed by atoms with Crippen LogP contribution < -0.4 is 9.80 Å². The Balaban J connectivity index is 0. The number of aliphatic hydroxyl groups is 1. The molecule has 1 N–H and O–H groups in total. The molecule has 2 aromatic carbocycles. The number of carbonyl (C=O) groups is 1. The number of rotatable bonds is 4. The van der Waals surface area contributed by atoms with Gasteiger partial charge in [-0.2, -0.15) is 0 Å². The zero-order chi connectivity index (χ0) is 19.2. The summed E-state index contributed by atoms with van der Waals surface area (Å²) in [7, 11) is 7.86. The van der Waals surface area contributed by atoms with Crippen LogP contribution in [0, 0.1) is 0 Å². The van der Waals surface area contributed by atoms with E-state index >= 15 is 0 Å². The maximum atomic E-state index is 10.4. The van der Waals surface area contributed by atoms with E-state index in [2.05, 4.69) is 0 Å². The molecule has 0 aliphatic rings. The Kier molecular flexibility index (Phi) is 15.8. The molecule has 0 amide bonds. The third kappa shape index (κ3) is 11.0. The van der Waals surface area contributed by atoms with Crippen LogP contribution in [0.5, 0.6) is 0 Å². The van der Waals surface area contributed by atoms with Gasteiger partial charge in [0.2, 0.25) is 0 Å². The van der Waals surface area contributed by atoms with Crippen LogP contribution in [0.3, 0.4) is 0 Å². The van der Waals surface area contributed by atoms with Crippen LogP contribution in [0.4, 0.5) is 11.4 Å². The van der Waals surface area contributed by atoms with Crippen molar-refractivity contribution in [3.8, 4) is 0 Å². The van der Waals surface area contributed by atoms with Crippen LogP contribution in [-0.4, -0.2) is 44.9 Å². The zero-order valence-corrected chi connectivity index (χ0v) is 16.6. The second kappa shape index (κ2) is 15.5. The standard InChI is InChI=1S/C9H13NO.C9H11NO.CH2Cl2.CH4/c2*1-10(2)9-5-3-4-8(6-9)7-11;2-1-3;/h3-6,11H,7H2,1-2H3;3-7H,1-2H3;1H2;1H4. The highest BCUT2D eigenvalue weighted by Gasteiger charge is 1.95. The summed E-state index contributed by atoms with van der Waals surface area (Å²) >= 11 is 9.53. The molecule has 0 fully saturated rings. The lowest BCUT2D eigenvalue weighted by atomic mass is 10.2. The quantitative estimate of drug-likeness (QED) is 0.587. The van der Waals surface area contributed by atoms with Crippen molar-refractivity contribution in [3.05, 3.63) is 59.7 Å². The molecule has 0 aliphatic heterocycles. The first-order valence-corrected chi connectivity index (χ1v) is 8.68. The Hall–Kier alpha value is -1.75. The monoisotopic (exact) mass is 400 g/mol. The van der Waals surface area contributed by atoms with Gasteiger partial charge in [0.05, 0.1) is 11.9 Å². The largest absolute Gasteiger partial charge is 0.392 e. The molecule has 4 nitrogen and oxygen atoms in total. The fourth-order valence-corrected chi connectivity index (χ4v) is 1.81. The van der Waals surface area contributed by atoms with Crippen molar-refractivity contribution >= 4 is 40.9 Å². The average Bonchev–Trinajstić information content (AvgIpc) is 2.63. The number of aldehydes is 1. The molecule has 0 atom stereocenters. The van der Waals surface area contributed by atoms with Crippen molar-refractivity contribution in [3.63, 3.8) is 0 Å². The maximum Gasteiger partial charge on any atom is 0.150 e. The summed E-state index contributed by atoms with van der Waals surface area (Å²) in [6, 6.07) is 15.3. The Morgan fingerprint density at radius 2 is 1.38 bits per heavy atom. The Bertz CT molecular complexity index is 620. The van der Waals surface area contributed by atoms with E-state index in [9.17, 15) is 4.79 Å². The van der Waals surface area contributed by atoms with Crippen molar-refractivity contribution in [1.82, 2.24) is 0 Å². The van der Waals surface area contributed by atoms with Crippen LogP contribution in [0.25, 0.3) is 0 Å². The Morgan fingerprint density at radius 3 is 1.81 bits per heavy atom. The number of nitrogens with zero attached hydrogens (tertiary/aromatic N) is 2. The molecule has 26 heavy (non-hydrogen) atoms. The van der Waals surface area contributed by atoms with Crippen LogP contribution >= 0.6 is 23.2 Å². The van der Waals surface area contributed by atoms with Crippen molar-refractivity contribution in [1.29, 1.82) is 0 Å². The van der Waals surface area contributed by atoms with Crippen LogP contribution in [0.15, 0.2) is 48.5 Å². The number of anilines is 2. The molecular weight excluding hydrogens is 371 g/mol. The van der Waals surface area contributed by atoms with Crippen molar-refractivity contribution in [2.45, 2.75) is 14.0 Å². The lowest BCUT2D eigenvalue weighted by Crippen LogP contribution is -2.08. The van der Waals surface area contributed by atoms with Gasteiger partial charge in [-0.3, -0.25) is 4.79 Å². The summed E-state index contributed by atoms with van der Waals surface area (Å²) in [5, 5.41) is 9.02. The number of benzene rings is 2. The predicted molar refractivity (Wildman–Crippen MR) is 116 cm³/mol. The third-order valence-electron chi connectivity index (χ3n) is 3.13. The molecular formula is C20H30Cl2N2O2. The Labute approximate surface area is 168 Å². The van der Waals surface area contributed by atoms with Gasteiger partial charge >= 0.3 is 0 Å². The summed E-state index contributed by atoms with van der Waals surface area (Å²) in [4.78, 5) is 14.3. The predicted octanol–water partition coefficient (Wildman–Crippen LogP) is 4.87. The van der Waals surface area contributed by atoms with Gasteiger partial charge in [0.25, 0.3) is 0 Å². The van der Waals surface area contributed by atoms with Crippen molar-refractivity contribution < 1.29 is 9.90 Å². The van der Waals surface area contributed by atoms with Gasteiger partial charge in [-0.25, -0.2) is 0 Å². The first-order chi connectivity index (χ1) is 11.9. The Morgan fingerprint density at radius 1 is 0.923 bits per heavy atom. The minimum Gasteiger partial charge on any atom is -0.392 e. The maximum absolute atomic E-state index is 10.4. The average molecular weight is 401 g/mol. The summed E-state index contributed by atoms with van der Waals surface area (Å²) in [6.45, 7) is 0.113. The molecule has 0 aromatic heterocycles. The molecule has 0 saturated carbocycles. The minimum absolute atomic E-state index is 0. The number of aliphatic hydroxyl groups excluding tert-OH is 1. The molecule has 0 heterocycles. The minimum atomic E-state index is 0. The van der Waals surface area contributed by atoms with E-state index in [-0.39, 0.29) is 19.4 Å². The van der Waals surface area contributed by atoms with E-state index < -0.39 is 0 Å². The van der Waals surface area contributed by atoms with Gasteiger partial charge in [0.15, 0.2) is 0 Å². The lowest BCUT2D eigenvalue weighted by Gasteiger charge is -2.12. The molecule has 0 unspecified atom stereocenters. The highest BCUT2D eigenvalue weighted by molar-refractivity contribution is 6.40. The number of halogens is 2. The van der Waals surface area contributed by atoms with E-state index in [1.165, 1.54) is 0 Å². The van der Waals surface area contributed by atoms with Gasteiger partial charge in [-0.05, 0) is 29.8 Å². The molecule has 146 valence electrons. The van der Waals surface area contributed by atoms with E-state index in [0.717, 1.165) is 28.8 Å². The summed E-state index contributed by atoms with van der Waals surface area (Å²) in [6.07, 6.45) is 0.854. The molecule has 2 aromatic rings. The van der Waals surface area contributed by atoms with Crippen LogP contribution in [-0.2, 0) is 6.61 Å². The SMILES string of the molecule is C.CN(C)c1cccc(C=O)c1.CN(C)c1cccc(CO)c1.ClCCl. The second-order valence-electron chi connectivity index (χ2n) is 5.43. The van der Waals surface area contributed by atoms with E-state index in [1.807, 2.05) is 80.5 Å². The van der Waals surface area contributed by atoms with Gasteiger partial charge in [-0.15, -0.1) is 23.2 Å². The highest BCUT2D eigenvalue weighted by Crippen LogP contribution is 2.13. The van der Waals surface area contributed by atoms with Gasteiger partial charge in [0, 0.05) is 45.1 Å². The molecule has 0 saturated heterocycles. The summed E-state index contributed by atoms with van der Waals surface area (Å²) in [5.74, 6) is 0. The fourth-order valence-electron chi connectivity index (χ4n) is 1.81. The first-order valence-electron chi connectivity index (χ1n) is 7.61. The van der Waals surface area contributed by atoms with E-state index in [1.54, 1.807) is 6.07 Å². The molecule has 2 rings (SSSR count). The molecule has 0 spiro atoms. The summed E-state index contributed by atoms with van der Waals surface area (Å²) in [5.41, 5.74) is 3.85. The molecule has 0 aliphatic carbocycles. The number of hydrogen-bond donors (Lipinski definition) is 1. The number of hydrogen-bond acceptors (Lipinski definition) is 4. The van der Waals surface area contributed by atoms with E-state index in [4.69, 9.17) is 28.3 Å². The number of alkyl halides is 2. The smallest absolute Gasteiger partial charge is 0.150 e. The summed E-state index contributed by atoms with van der Waals surface area (Å²) < 4.78 is 0. The van der Waals surface area contributed by atoms with Gasteiger partial charge in [0.1, 0.15) is 6.29 Å². The van der Waals surface area contributed by atoms with E-state index in [0.29, 0.717) is 0 Å².